The first-order valence-electron chi connectivity index (χ1n) is 8.56. The lowest BCUT2D eigenvalue weighted by Gasteiger charge is -2.28. The van der Waals surface area contributed by atoms with Gasteiger partial charge in [-0.1, -0.05) is 17.7 Å². The van der Waals surface area contributed by atoms with Crippen molar-refractivity contribution in [3.8, 4) is 11.3 Å². The van der Waals surface area contributed by atoms with Crippen LogP contribution >= 0.6 is 11.6 Å². The van der Waals surface area contributed by atoms with E-state index in [0.29, 0.717) is 11.0 Å². The van der Waals surface area contributed by atoms with Crippen molar-refractivity contribution in [2.75, 3.05) is 36.4 Å². The first-order valence-corrected chi connectivity index (χ1v) is 8.93. The zero-order valence-corrected chi connectivity index (χ0v) is 14.9. The van der Waals surface area contributed by atoms with Gasteiger partial charge in [-0.2, -0.15) is 0 Å². The molecule has 2 N–H and O–H groups in total. The lowest BCUT2D eigenvalue weighted by molar-refractivity contribution is 0.585. The highest BCUT2D eigenvalue weighted by Gasteiger charge is 2.12. The molecule has 3 aromatic rings. The fraction of sp³-hybridized carbons (Fsp3) is 0.211. The molecule has 0 spiro atoms. The maximum absolute atomic E-state index is 6.02. The van der Waals surface area contributed by atoms with Crippen molar-refractivity contribution < 1.29 is 0 Å². The van der Waals surface area contributed by atoms with Crippen molar-refractivity contribution >= 4 is 29.1 Å². The van der Waals surface area contributed by atoms with E-state index in [1.807, 2.05) is 42.6 Å². The summed E-state index contributed by atoms with van der Waals surface area (Å²) < 4.78 is 0. The molecule has 1 aliphatic rings. The molecular weight excluding hydrogens is 348 g/mol. The van der Waals surface area contributed by atoms with E-state index in [2.05, 4.69) is 36.6 Å². The summed E-state index contributed by atoms with van der Waals surface area (Å²) in [6.45, 7) is 3.95. The van der Waals surface area contributed by atoms with Crippen LogP contribution in [0.5, 0.6) is 0 Å². The predicted octanol–water partition coefficient (Wildman–Crippen LogP) is 3.35. The number of hydrogen-bond acceptors (Lipinski definition) is 6. The highest BCUT2D eigenvalue weighted by molar-refractivity contribution is 6.30. The van der Waals surface area contributed by atoms with Crippen LogP contribution in [-0.2, 0) is 0 Å². The minimum Gasteiger partial charge on any atom is -0.354 e. The summed E-state index contributed by atoms with van der Waals surface area (Å²) in [7, 11) is 0. The molecule has 0 bridgehead atoms. The van der Waals surface area contributed by atoms with Gasteiger partial charge in [-0.15, -0.1) is 0 Å². The SMILES string of the molecule is Clc1cccc(Nc2nccc(-c3ccc(N4CCNCC4)nc3)n2)c1. The molecule has 132 valence electrons. The number of nitrogens with zero attached hydrogens (tertiary/aromatic N) is 4. The van der Waals surface area contributed by atoms with Crippen molar-refractivity contribution in [2.24, 2.45) is 0 Å². The Morgan fingerprint density at radius 3 is 2.69 bits per heavy atom. The van der Waals surface area contributed by atoms with Crippen molar-refractivity contribution in [1.29, 1.82) is 0 Å². The van der Waals surface area contributed by atoms with E-state index in [-0.39, 0.29) is 0 Å². The van der Waals surface area contributed by atoms with Gasteiger partial charge in [0, 0.05) is 54.8 Å². The summed E-state index contributed by atoms with van der Waals surface area (Å²) in [5.74, 6) is 1.53. The minimum absolute atomic E-state index is 0.524. The van der Waals surface area contributed by atoms with Gasteiger partial charge in [0.05, 0.1) is 5.69 Å². The molecule has 1 saturated heterocycles. The second-order valence-electron chi connectivity index (χ2n) is 6.04. The fourth-order valence-electron chi connectivity index (χ4n) is 2.89. The zero-order chi connectivity index (χ0) is 17.8. The van der Waals surface area contributed by atoms with Crippen LogP contribution in [0, 0.1) is 0 Å². The van der Waals surface area contributed by atoms with E-state index in [1.165, 1.54) is 0 Å². The van der Waals surface area contributed by atoms with Gasteiger partial charge < -0.3 is 15.5 Å². The Balaban J connectivity index is 1.52. The Hall–Kier alpha value is -2.70. The van der Waals surface area contributed by atoms with E-state index >= 15 is 0 Å². The monoisotopic (exact) mass is 366 g/mol. The number of rotatable bonds is 4. The van der Waals surface area contributed by atoms with Crippen LogP contribution in [0.3, 0.4) is 0 Å². The van der Waals surface area contributed by atoms with Gasteiger partial charge in [-0.3, -0.25) is 0 Å². The summed E-state index contributed by atoms with van der Waals surface area (Å²) in [5.41, 5.74) is 2.63. The Bertz CT molecular complexity index is 877. The molecule has 1 aromatic carbocycles. The van der Waals surface area contributed by atoms with Crippen molar-refractivity contribution in [1.82, 2.24) is 20.3 Å². The Morgan fingerprint density at radius 2 is 1.92 bits per heavy atom. The quantitative estimate of drug-likeness (QED) is 0.738. The normalized spacial score (nSPS) is 14.3. The maximum atomic E-state index is 6.02. The van der Waals surface area contributed by atoms with Gasteiger partial charge in [-0.25, -0.2) is 15.0 Å². The van der Waals surface area contributed by atoms with Gasteiger partial charge in [0.2, 0.25) is 5.95 Å². The summed E-state index contributed by atoms with van der Waals surface area (Å²) in [6.07, 6.45) is 3.60. The van der Waals surface area contributed by atoms with Crippen LogP contribution in [-0.4, -0.2) is 41.1 Å². The van der Waals surface area contributed by atoms with E-state index in [1.54, 1.807) is 6.20 Å². The van der Waals surface area contributed by atoms with E-state index in [0.717, 1.165) is 48.9 Å². The van der Waals surface area contributed by atoms with E-state index < -0.39 is 0 Å². The average molecular weight is 367 g/mol. The number of piperazine rings is 1. The maximum Gasteiger partial charge on any atom is 0.227 e. The Morgan fingerprint density at radius 1 is 1.04 bits per heavy atom. The molecule has 0 amide bonds. The topological polar surface area (TPSA) is 66.0 Å². The van der Waals surface area contributed by atoms with Gasteiger partial charge in [0.15, 0.2) is 0 Å². The molecule has 0 radical (unpaired) electrons. The van der Waals surface area contributed by atoms with Crippen LogP contribution in [0.4, 0.5) is 17.5 Å². The second-order valence-corrected chi connectivity index (χ2v) is 6.48. The van der Waals surface area contributed by atoms with E-state index in [9.17, 15) is 0 Å². The molecule has 7 heteroatoms. The van der Waals surface area contributed by atoms with Gasteiger partial charge >= 0.3 is 0 Å². The lowest BCUT2D eigenvalue weighted by Crippen LogP contribution is -2.43. The number of nitrogens with one attached hydrogen (secondary N) is 2. The molecule has 0 unspecified atom stereocenters. The zero-order valence-electron chi connectivity index (χ0n) is 14.2. The van der Waals surface area contributed by atoms with Crippen molar-refractivity contribution in [3.05, 3.63) is 59.9 Å². The number of hydrogen-bond donors (Lipinski definition) is 2. The predicted molar refractivity (Wildman–Crippen MR) is 105 cm³/mol. The number of aromatic nitrogens is 3. The molecule has 0 saturated carbocycles. The second kappa shape index (κ2) is 7.68. The van der Waals surface area contributed by atoms with Crippen LogP contribution in [0.25, 0.3) is 11.3 Å². The molecule has 1 fully saturated rings. The van der Waals surface area contributed by atoms with Crippen LogP contribution in [0.15, 0.2) is 54.9 Å². The molecule has 26 heavy (non-hydrogen) atoms. The fourth-order valence-corrected chi connectivity index (χ4v) is 3.08. The first kappa shape index (κ1) is 16.8. The molecule has 4 rings (SSSR count). The molecular formula is C19H19ClN6. The third-order valence-corrected chi connectivity index (χ3v) is 4.46. The number of benzene rings is 1. The van der Waals surface area contributed by atoms with Gasteiger partial charge in [-0.05, 0) is 36.4 Å². The lowest BCUT2D eigenvalue weighted by atomic mass is 10.2. The highest BCUT2D eigenvalue weighted by atomic mass is 35.5. The molecule has 1 aliphatic heterocycles. The van der Waals surface area contributed by atoms with Gasteiger partial charge in [0.25, 0.3) is 0 Å². The molecule has 0 atom stereocenters. The van der Waals surface area contributed by atoms with E-state index in [4.69, 9.17) is 11.6 Å². The smallest absolute Gasteiger partial charge is 0.227 e. The minimum atomic E-state index is 0.524. The number of halogens is 1. The Labute approximate surface area is 157 Å². The molecule has 2 aromatic heterocycles. The standard InChI is InChI=1S/C19H19ClN6/c20-15-2-1-3-16(12-15)24-19-22-7-6-17(25-19)14-4-5-18(23-13-14)26-10-8-21-9-11-26/h1-7,12-13,21H,8-11H2,(H,22,24,25). The summed E-state index contributed by atoms with van der Waals surface area (Å²) in [5, 5.41) is 7.19. The van der Waals surface area contributed by atoms with Crippen LogP contribution in [0.1, 0.15) is 0 Å². The van der Waals surface area contributed by atoms with Crippen LogP contribution < -0.4 is 15.5 Å². The van der Waals surface area contributed by atoms with Gasteiger partial charge in [0.1, 0.15) is 5.82 Å². The summed E-state index contributed by atoms with van der Waals surface area (Å²) in [6, 6.07) is 13.4. The van der Waals surface area contributed by atoms with Crippen molar-refractivity contribution in [2.45, 2.75) is 0 Å². The summed E-state index contributed by atoms with van der Waals surface area (Å²) >= 11 is 6.02. The third kappa shape index (κ3) is 3.92. The molecule has 0 aliphatic carbocycles. The summed E-state index contributed by atoms with van der Waals surface area (Å²) in [4.78, 5) is 15.7. The Kier molecular flexibility index (Phi) is 4.95. The largest absolute Gasteiger partial charge is 0.354 e. The number of anilines is 3. The highest BCUT2D eigenvalue weighted by Crippen LogP contribution is 2.22. The third-order valence-electron chi connectivity index (χ3n) is 4.22. The first-order chi connectivity index (χ1) is 12.8. The van der Waals surface area contributed by atoms with Crippen LogP contribution in [0.2, 0.25) is 5.02 Å². The van der Waals surface area contributed by atoms with Crippen molar-refractivity contribution in [3.63, 3.8) is 0 Å². The molecule has 6 nitrogen and oxygen atoms in total. The number of pyridine rings is 1. The molecule has 3 heterocycles. The average Bonchev–Trinajstić information content (AvgIpc) is 2.69.